The molecule has 1 heterocycles. The topological polar surface area (TPSA) is 42.8 Å². The predicted octanol–water partition coefficient (Wildman–Crippen LogP) is 2.11. The Kier molecular flexibility index (Phi) is 6.29. The molecule has 138 valence electrons. The number of quaternary nitrogens is 1. The van der Waals surface area contributed by atoms with Gasteiger partial charge in [-0.3, -0.25) is 4.79 Å². The van der Waals surface area contributed by atoms with Crippen LogP contribution < -0.4 is 15.0 Å². The van der Waals surface area contributed by atoms with E-state index in [0.717, 1.165) is 43.8 Å². The van der Waals surface area contributed by atoms with Crippen LogP contribution in [0.2, 0.25) is 0 Å². The molecule has 26 heavy (non-hydrogen) atoms. The van der Waals surface area contributed by atoms with Crippen molar-refractivity contribution in [3.63, 3.8) is 0 Å². The van der Waals surface area contributed by atoms with Gasteiger partial charge in [-0.05, 0) is 36.8 Å². The molecule has 1 saturated heterocycles. The molecule has 2 aromatic carbocycles. The van der Waals surface area contributed by atoms with Gasteiger partial charge in [-0.1, -0.05) is 29.8 Å². The molecule has 0 radical (unpaired) electrons. The molecule has 2 aromatic rings. The molecule has 1 amide bonds. The normalized spacial score (nSPS) is 19.8. The number of rotatable bonds is 6. The Balaban J connectivity index is 1.42. The Bertz CT molecular complexity index is 702. The lowest BCUT2D eigenvalue weighted by molar-refractivity contribution is -0.919. The number of benzene rings is 2. The Morgan fingerprint density at radius 3 is 2.27 bits per heavy atom. The van der Waals surface area contributed by atoms with E-state index in [4.69, 9.17) is 4.74 Å². The van der Waals surface area contributed by atoms with Crippen molar-refractivity contribution >= 4 is 5.91 Å². The second-order valence-corrected chi connectivity index (χ2v) is 7.25. The number of piperidine rings is 1. The van der Waals surface area contributed by atoms with Gasteiger partial charge in [0.2, 0.25) is 5.91 Å². The number of amides is 1. The molecule has 0 unspecified atom stereocenters. The first-order valence-electron chi connectivity index (χ1n) is 9.44. The molecular weight excluding hydrogens is 324 g/mol. The lowest BCUT2D eigenvalue weighted by Gasteiger charge is -2.28. The maximum atomic E-state index is 12.4. The fraction of sp³-hybridized carbons (Fsp3) is 0.409. The zero-order valence-corrected chi connectivity index (χ0v) is 15.8. The van der Waals surface area contributed by atoms with Crippen molar-refractivity contribution in [3.05, 3.63) is 65.2 Å². The van der Waals surface area contributed by atoms with Gasteiger partial charge in [0.25, 0.3) is 0 Å². The van der Waals surface area contributed by atoms with Gasteiger partial charge in [0.15, 0.2) is 0 Å². The van der Waals surface area contributed by atoms with Crippen LogP contribution >= 0.6 is 0 Å². The second kappa shape index (κ2) is 8.86. The fourth-order valence-corrected chi connectivity index (χ4v) is 3.54. The Morgan fingerprint density at radius 2 is 1.65 bits per heavy atom. The molecule has 1 fully saturated rings. The van der Waals surface area contributed by atoms with Gasteiger partial charge in [0.1, 0.15) is 12.3 Å². The standard InChI is InChI=1S/C22H28N2O2/c1-17-3-5-18(6-4-17)15-23-22(25)20-11-13-24(14-12-20)16-19-7-9-21(26-2)10-8-19/h3-10,20H,11-16H2,1-2H3,(H,23,25)/p+1. The summed E-state index contributed by atoms with van der Waals surface area (Å²) in [5.41, 5.74) is 3.72. The zero-order valence-electron chi connectivity index (χ0n) is 15.8. The number of ether oxygens (including phenoxy) is 1. The SMILES string of the molecule is COc1ccc(C[NH+]2CCC(C(=O)NCc3ccc(C)cc3)CC2)cc1. The Morgan fingerprint density at radius 1 is 1.04 bits per heavy atom. The van der Waals surface area contributed by atoms with Gasteiger partial charge in [-0.2, -0.15) is 0 Å². The summed E-state index contributed by atoms with van der Waals surface area (Å²) < 4.78 is 5.21. The maximum Gasteiger partial charge on any atom is 0.223 e. The molecule has 4 heteroatoms. The van der Waals surface area contributed by atoms with Crippen LogP contribution in [0.3, 0.4) is 0 Å². The highest BCUT2D eigenvalue weighted by molar-refractivity contribution is 5.78. The summed E-state index contributed by atoms with van der Waals surface area (Å²) in [6.07, 6.45) is 1.93. The van der Waals surface area contributed by atoms with Crippen LogP contribution in [0.1, 0.15) is 29.5 Å². The summed E-state index contributed by atoms with van der Waals surface area (Å²) >= 11 is 0. The first kappa shape index (κ1) is 18.5. The van der Waals surface area contributed by atoms with E-state index < -0.39 is 0 Å². The number of carbonyl (C=O) groups is 1. The molecule has 1 aliphatic rings. The van der Waals surface area contributed by atoms with E-state index in [9.17, 15) is 4.79 Å². The molecule has 0 atom stereocenters. The molecule has 2 N–H and O–H groups in total. The summed E-state index contributed by atoms with van der Waals surface area (Å²) in [4.78, 5) is 14.0. The first-order valence-corrected chi connectivity index (χ1v) is 9.44. The highest BCUT2D eigenvalue weighted by Crippen LogP contribution is 2.13. The van der Waals surface area contributed by atoms with Gasteiger partial charge in [0, 0.05) is 30.9 Å². The first-order chi connectivity index (χ1) is 12.6. The van der Waals surface area contributed by atoms with Crippen molar-refractivity contribution < 1.29 is 14.4 Å². The van der Waals surface area contributed by atoms with Crippen molar-refractivity contribution in [1.82, 2.24) is 5.32 Å². The zero-order chi connectivity index (χ0) is 18.4. The average Bonchev–Trinajstić information content (AvgIpc) is 2.68. The third kappa shape index (κ3) is 5.09. The Hall–Kier alpha value is -2.33. The van der Waals surface area contributed by atoms with E-state index in [2.05, 4.69) is 48.6 Å². The summed E-state index contributed by atoms with van der Waals surface area (Å²) in [7, 11) is 1.69. The number of methoxy groups -OCH3 is 1. The van der Waals surface area contributed by atoms with Gasteiger partial charge >= 0.3 is 0 Å². The average molecular weight is 353 g/mol. The van der Waals surface area contributed by atoms with Crippen LogP contribution in [0.4, 0.5) is 0 Å². The minimum absolute atomic E-state index is 0.153. The Labute approximate surface area is 156 Å². The minimum atomic E-state index is 0.153. The minimum Gasteiger partial charge on any atom is -0.497 e. The van der Waals surface area contributed by atoms with Crippen molar-refractivity contribution in [2.45, 2.75) is 32.9 Å². The highest BCUT2D eigenvalue weighted by Gasteiger charge is 2.27. The number of likely N-dealkylation sites (tertiary alicyclic amines) is 1. The smallest absolute Gasteiger partial charge is 0.223 e. The monoisotopic (exact) mass is 353 g/mol. The van der Waals surface area contributed by atoms with Crippen molar-refractivity contribution in [3.8, 4) is 5.75 Å². The number of hydrogen-bond donors (Lipinski definition) is 2. The summed E-state index contributed by atoms with van der Waals surface area (Å²) in [6, 6.07) is 16.6. The third-order valence-electron chi connectivity index (χ3n) is 5.26. The molecule has 0 bridgehead atoms. The summed E-state index contributed by atoms with van der Waals surface area (Å²) in [5.74, 6) is 1.25. The van der Waals surface area contributed by atoms with Crippen LogP contribution in [0, 0.1) is 12.8 Å². The third-order valence-corrected chi connectivity index (χ3v) is 5.26. The van der Waals surface area contributed by atoms with Crippen LogP contribution in [0.5, 0.6) is 5.75 Å². The van der Waals surface area contributed by atoms with Crippen LogP contribution in [0.15, 0.2) is 48.5 Å². The lowest BCUT2D eigenvalue weighted by Crippen LogP contribution is -3.11. The van der Waals surface area contributed by atoms with Gasteiger partial charge in [-0.15, -0.1) is 0 Å². The number of nitrogens with one attached hydrogen (secondary N) is 2. The quantitative estimate of drug-likeness (QED) is 0.835. The van der Waals surface area contributed by atoms with E-state index in [1.807, 2.05) is 12.1 Å². The second-order valence-electron chi connectivity index (χ2n) is 7.25. The number of hydrogen-bond acceptors (Lipinski definition) is 2. The van der Waals surface area contributed by atoms with Crippen LogP contribution in [-0.2, 0) is 17.9 Å². The van der Waals surface area contributed by atoms with E-state index >= 15 is 0 Å². The largest absolute Gasteiger partial charge is 0.497 e. The predicted molar refractivity (Wildman–Crippen MR) is 103 cm³/mol. The molecular formula is C22H29N2O2+. The molecule has 1 aliphatic heterocycles. The van der Waals surface area contributed by atoms with Gasteiger partial charge in [-0.25, -0.2) is 0 Å². The lowest BCUT2D eigenvalue weighted by atomic mass is 9.95. The van der Waals surface area contributed by atoms with E-state index in [0.29, 0.717) is 6.54 Å². The van der Waals surface area contributed by atoms with Crippen LogP contribution in [0.25, 0.3) is 0 Å². The van der Waals surface area contributed by atoms with Crippen molar-refractivity contribution in [2.24, 2.45) is 5.92 Å². The van der Waals surface area contributed by atoms with E-state index in [-0.39, 0.29) is 11.8 Å². The van der Waals surface area contributed by atoms with E-state index in [1.54, 1.807) is 12.0 Å². The molecule has 0 aliphatic carbocycles. The molecule has 4 nitrogen and oxygen atoms in total. The summed E-state index contributed by atoms with van der Waals surface area (Å²) in [5, 5.41) is 3.10. The fourth-order valence-electron chi connectivity index (χ4n) is 3.54. The molecule has 0 aromatic heterocycles. The van der Waals surface area contributed by atoms with Gasteiger partial charge in [0.05, 0.1) is 20.2 Å². The molecule has 3 rings (SSSR count). The molecule has 0 spiro atoms. The van der Waals surface area contributed by atoms with Crippen molar-refractivity contribution in [1.29, 1.82) is 0 Å². The van der Waals surface area contributed by atoms with Gasteiger partial charge < -0.3 is 15.0 Å². The maximum absolute atomic E-state index is 12.4. The van der Waals surface area contributed by atoms with Crippen molar-refractivity contribution in [2.75, 3.05) is 20.2 Å². The highest BCUT2D eigenvalue weighted by atomic mass is 16.5. The number of carbonyl (C=O) groups excluding carboxylic acids is 1. The van der Waals surface area contributed by atoms with Crippen LogP contribution in [-0.4, -0.2) is 26.1 Å². The summed E-state index contributed by atoms with van der Waals surface area (Å²) in [6.45, 7) is 5.81. The number of aryl methyl sites for hydroxylation is 1. The van der Waals surface area contributed by atoms with E-state index in [1.165, 1.54) is 11.1 Å². The molecule has 0 saturated carbocycles.